The molecule has 2 fully saturated rings. The van der Waals surface area contributed by atoms with Gasteiger partial charge in [0.05, 0.1) is 17.0 Å². The summed E-state index contributed by atoms with van der Waals surface area (Å²) >= 11 is 0. The van der Waals surface area contributed by atoms with E-state index in [1.807, 2.05) is 4.40 Å². The van der Waals surface area contributed by atoms with Crippen molar-refractivity contribution in [2.24, 2.45) is 5.92 Å². The highest BCUT2D eigenvalue weighted by Crippen LogP contribution is 2.42. The fourth-order valence-electron chi connectivity index (χ4n) is 4.49. The Morgan fingerprint density at radius 3 is 2.89 bits per heavy atom. The van der Waals surface area contributed by atoms with Crippen LogP contribution in [0.4, 0.5) is 0 Å². The summed E-state index contributed by atoms with van der Waals surface area (Å²) in [7, 11) is -3.22. The van der Waals surface area contributed by atoms with Gasteiger partial charge in [0.2, 0.25) is 10.0 Å². The van der Waals surface area contributed by atoms with Crippen molar-refractivity contribution < 1.29 is 8.42 Å². The van der Waals surface area contributed by atoms with Gasteiger partial charge in [-0.15, -0.1) is 10.2 Å². The smallest absolute Gasteiger partial charge is 0.214 e. The highest BCUT2D eigenvalue weighted by atomic mass is 32.2. The van der Waals surface area contributed by atoms with Gasteiger partial charge in [0.15, 0.2) is 11.3 Å². The van der Waals surface area contributed by atoms with E-state index < -0.39 is 10.0 Å². The summed E-state index contributed by atoms with van der Waals surface area (Å²) in [5.41, 5.74) is 2.38. The first-order valence-corrected chi connectivity index (χ1v) is 11.2. The molecule has 0 saturated heterocycles. The first-order valence-electron chi connectivity index (χ1n) is 9.64. The van der Waals surface area contributed by atoms with Gasteiger partial charge in [-0.05, 0) is 31.6 Å². The SMILES string of the molecule is CCC1CC(NS(=O)(=O)C2CC2)CC1c1nnc2cnc3[nH]cc(C#N)c3n12. The Hall–Kier alpha value is -2.51. The summed E-state index contributed by atoms with van der Waals surface area (Å²) in [5, 5.41) is 18.0. The van der Waals surface area contributed by atoms with Crippen LogP contribution in [-0.4, -0.2) is 44.3 Å². The lowest BCUT2D eigenvalue weighted by molar-refractivity contribution is 0.449. The molecule has 3 aromatic rings. The number of sulfonamides is 1. The van der Waals surface area contributed by atoms with Crippen molar-refractivity contribution in [1.29, 1.82) is 5.26 Å². The number of aromatic nitrogens is 5. The Balaban J connectivity index is 1.55. The number of rotatable bonds is 5. The van der Waals surface area contributed by atoms with Crippen LogP contribution in [-0.2, 0) is 10.0 Å². The molecule has 2 aliphatic carbocycles. The molecule has 2 aliphatic rings. The minimum atomic E-state index is -3.22. The van der Waals surface area contributed by atoms with Gasteiger partial charge in [0.1, 0.15) is 17.4 Å². The molecule has 0 aromatic carbocycles. The summed E-state index contributed by atoms with van der Waals surface area (Å²) in [6.07, 6.45) is 7.18. The number of nitriles is 1. The lowest BCUT2D eigenvalue weighted by atomic mass is 9.93. The van der Waals surface area contributed by atoms with E-state index in [4.69, 9.17) is 0 Å². The quantitative estimate of drug-likeness (QED) is 0.673. The van der Waals surface area contributed by atoms with Crippen LogP contribution in [0, 0.1) is 17.2 Å². The third-order valence-corrected chi connectivity index (χ3v) is 8.05. The van der Waals surface area contributed by atoms with Crippen LogP contribution in [0.25, 0.3) is 16.8 Å². The Kier molecular flexibility index (Phi) is 3.93. The van der Waals surface area contributed by atoms with E-state index in [9.17, 15) is 13.7 Å². The summed E-state index contributed by atoms with van der Waals surface area (Å²) in [4.78, 5) is 7.35. The molecular formula is C18H21N7O2S. The molecule has 5 rings (SSSR count). The van der Waals surface area contributed by atoms with Crippen LogP contribution in [0.3, 0.4) is 0 Å². The van der Waals surface area contributed by atoms with Crippen molar-refractivity contribution >= 4 is 26.8 Å². The Morgan fingerprint density at radius 1 is 1.36 bits per heavy atom. The maximum atomic E-state index is 12.4. The van der Waals surface area contributed by atoms with Crippen molar-refractivity contribution in [2.75, 3.05) is 0 Å². The second kappa shape index (κ2) is 6.25. The van der Waals surface area contributed by atoms with Crippen molar-refractivity contribution in [3.05, 3.63) is 23.8 Å². The summed E-state index contributed by atoms with van der Waals surface area (Å²) in [5.74, 6) is 1.14. The average molecular weight is 399 g/mol. The van der Waals surface area contributed by atoms with Gasteiger partial charge in [-0.2, -0.15) is 5.26 Å². The zero-order valence-corrected chi connectivity index (χ0v) is 16.3. The molecule has 2 N–H and O–H groups in total. The van der Waals surface area contributed by atoms with Crippen LogP contribution in [0.2, 0.25) is 0 Å². The average Bonchev–Trinajstić information content (AvgIpc) is 3.17. The zero-order valence-electron chi connectivity index (χ0n) is 15.5. The first-order chi connectivity index (χ1) is 13.5. The number of H-pyrrole nitrogens is 1. The molecule has 3 atom stereocenters. The van der Waals surface area contributed by atoms with Crippen molar-refractivity contribution in [1.82, 2.24) is 29.3 Å². The van der Waals surface area contributed by atoms with Crippen molar-refractivity contribution in [3.63, 3.8) is 0 Å². The zero-order chi connectivity index (χ0) is 19.5. The molecule has 3 aromatic heterocycles. The third-order valence-electron chi connectivity index (χ3n) is 6.04. The molecule has 0 spiro atoms. The monoisotopic (exact) mass is 399 g/mol. The van der Waals surface area contributed by atoms with Crippen molar-refractivity contribution in [3.8, 4) is 6.07 Å². The van der Waals surface area contributed by atoms with Crippen LogP contribution < -0.4 is 4.72 Å². The molecule has 28 heavy (non-hydrogen) atoms. The van der Waals surface area contributed by atoms with E-state index in [1.165, 1.54) is 0 Å². The Labute approximate surface area is 162 Å². The lowest BCUT2D eigenvalue weighted by Crippen LogP contribution is -2.35. The Bertz CT molecular complexity index is 1200. The molecule has 9 nitrogen and oxygen atoms in total. The van der Waals surface area contributed by atoms with Gasteiger partial charge in [0, 0.05) is 18.2 Å². The highest BCUT2D eigenvalue weighted by molar-refractivity contribution is 7.90. The van der Waals surface area contributed by atoms with Crippen molar-refractivity contribution in [2.45, 2.75) is 56.2 Å². The van der Waals surface area contributed by atoms with E-state index in [-0.39, 0.29) is 17.2 Å². The molecule has 0 amide bonds. The predicted octanol–water partition coefficient (Wildman–Crippen LogP) is 1.83. The number of aromatic amines is 1. The van der Waals surface area contributed by atoms with E-state index in [0.717, 1.165) is 31.5 Å². The number of hydrogen-bond donors (Lipinski definition) is 2. The maximum Gasteiger partial charge on any atom is 0.214 e. The van der Waals surface area contributed by atoms with Crippen LogP contribution in [0.5, 0.6) is 0 Å². The number of nitrogens with one attached hydrogen (secondary N) is 2. The molecule has 0 bridgehead atoms. The minimum Gasteiger partial charge on any atom is -0.343 e. The molecule has 146 valence electrons. The van der Waals surface area contributed by atoms with Gasteiger partial charge in [0.25, 0.3) is 0 Å². The minimum absolute atomic E-state index is 0.0685. The van der Waals surface area contributed by atoms with Gasteiger partial charge in [-0.1, -0.05) is 13.3 Å². The van der Waals surface area contributed by atoms with E-state index in [2.05, 4.69) is 37.9 Å². The Morgan fingerprint density at radius 2 is 2.18 bits per heavy atom. The standard InChI is InChI=1S/C18H21N7O2S/c1-2-10-5-12(24-28(26,27)13-3-4-13)6-14(10)18-23-22-15-9-21-17-16(25(15)18)11(7-19)8-20-17/h8-10,12-14,20,24H,2-6H2,1H3. The molecule has 10 heteroatoms. The molecule has 3 unspecified atom stereocenters. The normalized spacial score (nSPS) is 25.5. The second-order valence-electron chi connectivity index (χ2n) is 7.83. The molecule has 2 saturated carbocycles. The number of hydrogen-bond acceptors (Lipinski definition) is 6. The largest absolute Gasteiger partial charge is 0.343 e. The van der Waals surface area contributed by atoms with E-state index in [0.29, 0.717) is 34.7 Å². The molecular weight excluding hydrogens is 378 g/mol. The van der Waals surface area contributed by atoms with Crippen LogP contribution >= 0.6 is 0 Å². The lowest BCUT2D eigenvalue weighted by Gasteiger charge is -2.16. The predicted molar refractivity (Wildman–Crippen MR) is 102 cm³/mol. The van der Waals surface area contributed by atoms with E-state index >= 15 is 0 Å². The van der Waals surface area contributed by atoms with Gasteiger partial charge >= 0.3 is 0 Å². The first kappa shape index (κ1) is 17.6. The number of fused-ring (bicyclic) bond motifs is 3. The van der Waals surface area contributed by atoms with Gasteiger partial charge in [-0.25, -0.2) is 18.1 Å². The van der Waals surface area contributed by atoms with Crippen LogP contribution in [0.1, 0.15) is 56.3 Å². The fraction of sp³-hybridized carbons (Fsp3) is 0.556. The highest BCUT2D eigenvalue weighted by Gasteiger charge is 2.42. The summed E-state index contributed by atoms with van der Waals surface area (Å²) in [6.45, 7) is 2.12. The maximum absolute atomic E-state index is 12.4. The van der Waals surface area contributed by atoms with Gasteiger partial charge < -0.3 is 4.98 Å². The third kappa shape index (κ3) is 2.69. The second-order valence-corrected chi connectivity index (χ2v) is 9.82. The van der Waals surface area contributed by atoms with E-state index in [1.54, 1.807) is 12.4 Å². The molecule has 3 heterocycles. The number of nitrogens with zero attached hydrogens (tertiary/aromatic N) is 5. The molecule has 0 aliphatic heterocycles. The molecule has 0 radical (unpaired) electrons. The summed E-state index contributed by atoms with van der Waals surface area (Å²) in [6, 6.07) is 2.10. The topological polar surface area (TPSA) is 129 Å². The summed E-state index contributed by atoms with van der Waals surface area (Å²) < 4.78 is 29.6. The van der Waals surface area contributed by atoms with Crippen LogP contribution in [0.15, 0.2) is 12.4 Å². The van der Waals surface area contributed by atoms with Gasteiger partial charge in [-0.3, -0.25) is 4.40 Å². The fourth-order valence-corrected chi connectivity index (χ4v) is 6.10.